The first kappa shape index (κ1) is 16.4. The highest BCUT2D eigenvalue weighted by molar-refractivity contribution is 5.79. The van der Waals surface area contributed by atoms with E-state index in [2.05, 4.69) is 4.90 Å². The summed E-state index contributed by atoms with van der Waals surface area (Å²) in [6, 6.07) is 6.78. The van der Waals surface area contributed by atoms with Gasteiger partial charge in [0.15, 0.2) is 0 Å². The van der Waals surface area contributed by atoms with E-state index in [1.165, 1.54) is 24.1 Å². The van der Waals surface area contributed by atoms with Gasteiger partial charge in [-0.3, -0.25) is 4.79 Å². The molecule has 0 aliphatic carbocycles. The number of carbonyl (C=O) groups is 1. The van der Waals surface area contributed by atoms with Crippen molar-refractivity contribution < 1.29 is 13.9 Å². The number of rotatable bonds is 4. The van der Waals surface area contributed by atoms with Gasteiger partial charge in [0.2, 0.25) is 5.91 Å². The summed E-state index contributed by atoms with van der Waals surface area (Å²) in [5.41, 5.74) is 1.18. The molecule has 1 aromatic rings. The molecule has 23 heavy (non-hydrogen) atoms. The van der Waals surface area contributed by atoms with Crippen LogP contribution in [0.4, 0.5) is 4.39 Å². The normalized spacial score (nSPS) is 23.0. The molecular formula is C19H26FNO2. The maximum atomic E-state index is 12.9. The van der Waals surface area contributed by atoms with E-state index in [0.29, 0.717) is 11.8 Å². The van der Waals surface area contributed by atoms with Gasteiger partial charge < -0.3 is 9.64 Å². The summed E-state index contributed by atoms with van der Waals surface area (Å²) < 4.78 is 18.3. The fourth-order valence-electron chi connectivity index (χ4n) is 3.73. The van der Waals surface area contributed by atoms with Gasteiger partial charge in [-0.15, -0.1) is 0 Å². The predicted octanol–water partition coefficient (Wildman–Crippen LogP) is 3.42. The quantitative estimate of drug-likeness (QED) is 0.851. The van der Waals surface area contributed by atoms with Crippen molar-refractivity contribution in [3.05, 3.63) is 35.6 Å². The maximum Gasteiger partial charge on any atom is 0.225 e. The fraction of sp³-hybridized carbons (Fsp3) is 0.632. The van der Waals surface area contributed by atoms with E-state index >= 15 is 0 Å². The molecule has 1 aromatic carbocycles. The number of carbonyl (C=O) groups excluding carboxylic acids is 1. The van der Waals surface area contributed by atoms with Crippen molar-refractivity contribution in [1.29, 1.82) is 0 Å². The van der Waals surface area contributed by atoms with E-state index in [1.807, 2.05) is 12.1 Å². The lowest BCUT2D eigenvalue weighted by Gasteiger charge is -2.36. The SMILES string of the molecule is O=C(C1CCOCC1)N1CCC[C@@H](CCc2ccc(F)cc2)C1. The number of benzene rings is 1. The van der Waals surface area contributed by atoms with Gasteiger partial charge >= 0.3 is 0 Å². The first-order valence-electron chi connectivity index (χ1n) is 8.83. The lowest BCUT2D eigenvalue weighted by Crippen LogP contribution is -2.44. The second kappa shape index (κ2) is 7.91. The van der Waals surface area contributed by atoms with Crippen LogP contribution in [-0.4, -0.2) is 37.1 Å². The number of nitrogens with zero attached hydrogens (tertiary/aromatic N) is 1. The van der Waals surface area contributed by atoms with Crippen LogP contribution >= 0.6 is 0 Å². The van der Waals surface area contributed by atoms with Gasteiger partial charge in [-0.1, -0.05) is 12.1 Å². The van der Waals surface area contributed by atoms with Crippen molar-refractivity contribution >= 4 is 5.91 Å². The first-order chi connectivity index (χ1) is 11.2. The molecule has 0 saturated carbocycles. The molecule has 0 N–H and O–H groups in total. The smallest absolute Gasteiger partial charge is 0.225 e. The second-order valence-electron chi connectivity index (χ2n) is 6.84. The van der Waals surface area contributed by atoms with Crippen LogP contribution in [0.2, 0.25) is 0 Å². The van der Waals surface area contributed by atoms with Crippen molar-refractivity contribution in [2.24, 2.45) is 11.8 Å². The number of likely N-dealkylation sites (tertiary alicyclic amines) is 1. The summed E-state index contributed by atoms with van der Waals surface area (Å²) in [4.78, 5) is 14.7. The van der Waals surface area contributed by atoms with E-state index in [0.717, 1.165) is 58.4 Å². The summed E-state index contributed by atoms with van der Waals surface area (Å²) >= 11 is 0. The maximum absolute atomic E-state index is 12.9. The van der Waals surface area contributed by atoms with E-state index in [-0.39, 0.29) is 11.7 Å². The highest BCUT2D eigenvalue weighted by atomic mass is 19.1. The van der Waals surface area contributed by atoms with Gasteiger partial charge in [-0.05, 0) is 62.1 Å². The summed E-state index contributed by atoms with van der Waals surface area (Å²) in [5.74, 6) is 0.886. The van der Waals surface area contributed by atoms with Gasteiger partial charge in [0, 0.05) is 32.2 Å². The van der Waals surface area contributed by atoms with E-state index in [4.69, 9.17) is 4.74 Å². The largest absolute Gasteiger partial charge is 0.381 e. The summed E-state index contributed by atoms with van der Waals surface area (Å²) in [7, 11) is 0. The first-order valence-corrected chi connectivity index (χ1v) is 8.83. The molecule has 2 aliphatic heterocycles. The molecule has 126 valence electrons. The van der Waals surface area contributed by atoms with E-state index < -0.39 is 0 Å². The lowest BCUT2D eigenvalue weighted by atomic mass is 9.90. The zero-order valence-corrected chi connectivity index (χ0v) is 13.7. The molecule has 0 aromatic heterocycles. The Morgan fingerprint density at radius 1 is 1.17 bits per heavy atom. The molecular weight excluding hydrogens is 293 g/mol. The van der Waals surface area contributed by atoms with Crippen molar-refractivity contribution in [3.63, 3.8) is 0 Å². The molecule has 3 rings (SSSR count). The molecule has 3 nitrogen and oxygen atoms in total. The molecule has 2 heterocycles. The molecule has 0 spiro atoms. The minimum Gasteiger partial charge on any atom is -0.381 e. The molecule has 0 unspecified atom stereocenters. The summed E-state index contributed by atoms with van der Waals surface area (Å²) in [6.45, 7) is 3.23. The molecule has 0 bridgehead atoms. The Labute approximate surface area is 137 Å². The summed E-state index contributed by atoms with van der Waals surface area (Å²) in [5, 5.41) is 0. The van der Waals surface area contributed by atoms with Crippen molar-refractivity contribution in [2.45, 2.75) is 38.5 Å². The van der Waals surface area contributed by atoms with Crippen LogP contribution in [0.5, 0.6) is 0 Å². The third-order valence-corrected chi connectivity index (χ3v) is 5.16. The number of piperidine rings is 1. The van der Waals surface area contributed by atoms with Crippen LogP contribution in [0.1, 0.15) is 37.7 Å². The van der Waals surface area contributed by atoms with Gasteiger partial charge in [-0.25, -0.2) is 4.39 Å². The molecule has 2 saturated heterocycles. The van der Waals surface area contributed by atoms with E-state index in [9.17, 15) is 9.18 Å². The van der Waals surface area contributed by atoms with Gasteiger partial charge in [0.1, 0.15) is 5.82 Å². The third kappa shape index (κ3) is 4.54. The molecule has 1 amide bonds. The Morgan fingerprint density at radius 2 is 1.91 bits per heavy atom. The van der Waals surface area contributed by atoms with Crippen LogP contribution in [0.3, 0.4) is 0 Å². The van der Waals surface area contributed by atoms with Crippen molar-refractivity contribution in [2.75, 3.05) is 26.3 Å². The van der Waals surface area contributed by atoms with Crippen LogP contribution in [0, 0.1) is 17.7 Å². The highest BCUT2D eigenvalue weighted by Crippen LogP contribution is 2.25. The van der Waals surface area contributed by atoms with Crippen LogP contribution in [-0.2, 0) is 16.0 Å². The molecule has 2 aliphatic rings. The number of hydrogen-bond acceptors (Lipinski definition) is 2. The van der Waals surface area contributed by atoms with Crippen molar-refractivity contribution in [3.8, 4) is 0 Å². The standard InChI is InChI=1S/C19H26FNO2/c20-18-7-5-15(6-8-18)3-4-16-2-1-11-21(14-16)19(22)17-9-12-23-13-10-17/h5-8,16-17H,1-4,9-14H2/t16-/m0/s1. The van der Waals surface area contributed by atoms with Gasteiger partial charge in [0.05, 0.1) is 0 Å². The minimum absolute atomic E-state index is 0.166. The molecule has 0 radical (unpaired) electrons. The fourth-order valence-corrected chi connectivity index (χ4v) is 3.73. The van der Waals surface area contributed by atoms with Gasteiger partial charge in [0.25, 0.3) is 0 Å². The molecule has 2 fully saturated rings. The molecule has 4 heteroatoms. The zero-order chi connectivity index (χ0) is 16.1. The highest BCUT2D eigenvalue weighted by Gasteiger charge is 2.29. The monoisotopic (exact) mass is 319 g/mol. The molecule has 1 atom stereocenters. The Morgan fingerprint density at radius 3 is 2.65 bits per heavy atom. The third-order valence-electron chi connectivity index (χ3n) is 5.16. The Balaban J connectivity index is 1.49. The van der Waals surface area contributed by atoms with Crippen LogP contribution in [0.15, 0.2) is 24.3 Å². The Kier molecular flexibility index (Phi) is 5.65. The van der Waals surface area contributed by atoms with Crippen LogP contribution < -0.4 is 0 Å². The Hall–Kier alpha value is -1.42. The second-order valence-corrected chi connectivity index (χ2v) is 6.84. The number of ether oxygens (including phenoxy) is 1. The predicted molar refractivity (Wildman–Crippen MR) is 87.6 cm³/mol. The lowest BCUT2D eigenvalue weighted by molar-refractivity contribution is -0.140. The van der Waals surface area contributed by atoms with Crippen LogP contribution in [0.25, 0.3) is 0 Å². The summed E-state index contributed by atoms with van der Waals surface area (Å²) in [6.07, 6.45) is 6.07. The van der Waals surface area contributed by atoms with Gasteiger partial charge in [-0.2, -0.15) is 0 Å². The number of halogens is 1. The average molecular weight is 319 g/mol. The average Bonchev–Trinajstić information content (AvgIpc) is 2.61. The Bertz CT molecular complexity index is 511. The topological polar surface area (TPSA) is 29.5 Å². The zero-order valence-electron chi connectivity index (χ0n) is 13.7. The minimum atomic E-state index is -0.181. The number of amides is 1. The van der Waals surface area contributed by atoms with E-state index in [1.54, 1.807) is 0 Å². The van der Waals surface area contributed by atoms with Crippen molar-refractivity contribution in [1.82, 2.24) is 4.90 Å². The number of aryl methyl sites for hydroxylation is 1. The number of hydrogen-bond donors (Lipinski definition) is 0.